The number of rotatable bonds is 3. The van der Waals surface area contributed by atoms with E-state index in [4.69, 9.17) is 0 Å². The van der Waals surface area contributed by atoms with E-state index in [-0.39, 0.29) is 0 Å². The Morgan fingerprint density at radius 1 is 1.09 bits per heavy atom. The van der Waals surface area contributed by atoms with E-state index in [2.05, 4.69) is 25.6 Å². The molecule has 7 heteroatoms. The normalized spacial score (nSPS) is 11.8. The van der Waals surface area contributed by atoms with Gasteiger partial charge in [0.05, 0.1) is 10.3 Å². The van der Waals surface area contributed by atoms with Crippen LogP contribution in [0.15, 0.2) is 46.9 Å². The molecule has 0 fully saturated rings. The number of aromatic nitrogens is 1. The molecule has 114 valence electrons. The molecule has 0 radical (unpaired) electrons. The van der Waals surface area contributed by atoms with E-state index in [0.717, 1.165) is 38.1 Å². The monoisotopic (exact) mass is 386 g/mol. The Morgan fingerprint density at radius 3 is 2.50 bits per heavy atom. The van der Waals surface area contributed by atoms with E-state index in [1.807, 2.05) is 18.2 Å². The van der Waals surface area contributed by atoms with E-state index in [1.54, 1.807) is 0 Å². The minimum absolute atomic E-state index is 0.420. The van der Waals surface area contributed by atoms with Gasteiger partial charge in [-0.3, -0.25) is 0 Å². The molecule has 1 N–H and O–H groups in total. The van der Waals surface area contributed by atoms with Gasteiger partial charge < -0.3 is 5.32 Å². The van der Waals surface area contributed by atoms with Gasteiger partial charge in [0.15, 0.2) is 0 Å². The van der Waals surface area contributed by atoms with Crippen LogP contribution in [-0.4, -0.2) is 4.37 Å². The third-order valence-corrected chi connectivity index (χ3v) is 5.01. The van der Waals surface area contributed by atoms with Gasteiger partial charge in [-0.1, -0.05) is 18.2 Å². The number of alkyl halides is 3. The molecule has 0 atom stereocenters. The van der Waals surface area contributed by atoms with Crippen molar-refractivity contribution in [3.8, 4) is 0 Å². The maximum Gasteiger partial charge on any atom is 0.416 e. The summed E-state index contributed by atoms with van der Waals surface area (Å²) in [6.45, 7) is 0.420. The zero-order chi connectivity index (χ0) is 15.7. The van der Waals surface area contributed by atoms with Crippen molar-refractivity contribution in [1.29, 1.82) is 0 Å². The Labute approximate surface area is 137 Å². The minimum atomic E-state index is -4.30. The molecule has 0 saturated heterocycles. The number of hydrogen-bond acceptors (Lipinski definition) is 3. The first-order chi connectivity index (χ1) is 10.4. The Hall–Kier alpha value is -1.60. The highest BCUT2D eigenvalue weighted by atomic mass is 79.9. The summed E-state index contributed by atoms with van der Waals surface area (Å²) in [5.74, 6) is 0.737. The fourth-order valence-corrected chi connectivity index (χ4v) is 3.40. The molecule has 0 unspecified atom stereocenters. The van der Waals surface area contributed by atoms with Crippen LogP contribution in [0, 0.1) is 0 Å². The predicted octanol–water partition coefficient (Wildman–Crippen LogP) is 5.69. The number of hydrogen-bond donors (Lipinski definition) is 1. The van der Waals surface area contributed by atoms with Crippen LogP contribution in [0.1, 0.15) is 11.1 Å². The number of fused-ring (bicyclic) bond motifs is 1. The molecule has 1 aromatic heterocycles. The second kappa shape index (κ2) is 5.89. The molecule has 0 saturated carbocycles. The quantitative estimate of drug-likeness (QED) is 0.625. The number of benzene rings is 2. The number of nitrogens with zero attached hydrogens (tertiary/aromatic N) is 1. The van der Waals surface area contributed by atoms with Crippen LogP contribution >= 0.6 is 27.5 Å². The van der Waals surface area contributed by atoms with Crippen molar-refractivity contribution in [1.82, 2.24) is 4.37 Å². The third-order valence-electron chi connectivity index (χ3n) is 3.19. The van der Waals surface area contributed by atoms with Crippen molar-refractivity contribution < 1.29 is 13.2 Å². The Bertz CT molecular complexity index is 797. The van der Waals surface area contributed by atoms with Crippen LogP contribution in [0.3, 0.4) is 0 Å². The van der Waals surface area contributed by atoms with Crippen LogP contribution < -0.4 is 5.32 Å². The standard InChI is InChI=1S/C15H10BrF3N2S/c16-12-3-1-2-11-13(12)22-21-14(11)20-8-9-4-6-10(7-5-9)15(17,18)19/h1-7H,8H2,(H,20,21). The SMILES string of the molecule is FC(F)(F)c1ccc(CNc2nsc3c(Br)cccc23)cc1. The van der Waals surface area contributed by atoms with Crippen molar-refractivity contribution in [3.05, 3.63) is 58.1 Å². The Balaban J connectivity index is 1.75. The van der Waals surface area contributed by atoms with E-state index in [9.17, 15) is 13.2 Å². The first kappa shape index (κ1) is 15.3. The van der Waals surface area contributed by atoms with E-state index in [0.29, 0.717) is 6.54 Å². The van der Waals surface area contributed by atoms with Gasteiger partial charge in [0.1, 0.15) is 5.82 Å². The van der Waals surface area contributed by atoms with Crippen molar-refractivity contribution in [2.75, 3.05) is 5.32 Å². The fourth-order valence-electron chi connectivity index (χ4n) is 2.05. The minimum Gasteiger partial charge on any atom is -0.365 e. The summed E-state index contributed by atoms with van der Waals surface area (Å²) in [6.07, 6.45) is -4.30. The zero-order valence-corrected chi connectivity index (χ0v) is 13.5. The van der Waals surface area contributed by atoms with Crippen molar-refractivity contribution in [3.63, 3.8) is 0 Å². The van der Waals surface area contributed by atoms with Gasteiger partial charge in [0.25, 0.3) is 0 Å². The lowest BCUT2D eigenvalue weighted by Gasteiger charge is -2.08. The van der Waals surface area contributed by atoms with Gasteiger partial charge in [0.2, 0.25) is 0 Å². The smallest absolute Gasteiger partial charge is 0.365 e. The summed E-state index contributed by atoms with van der Waals surface area (Å²) >= 11 is 4.84. The summed E-state index contributed by atoms with van der Waals surface area (Å²) in [5, 5.41) is 4.16. The lowest BCUT2D eigenvalue weighted by Crippen LogP contribution is -2.05. The van der Waals surface area contributed by atoms with Crippen molar-refractivity contribution >= 4 is 43.4 Å². The molecule has 0 aliphatic heterocycles. The van der Waals surface area contributed by atoms with Crippen molar-refractivity contribution in [2.45, 2.75) is 12.7 Å². The lowest BCUT2D eigenvalue weighted by molar-refractivity contribution is -0.137. The largest absolute Gasteiger partial charge is 0.416 e. The Kier molecular flexibility index (Phi) is 4.10. The van der Waals surface area contributed by atoms with E-state index < -0.39 is 11.7 Å². The van der Waals surface area contributed by atoms with Gasteiger partial charge in [-0.2, -0.15) is 17.5 Å². The van der Waals surface area contributed by atoms with E-state index in [1.165, 1.54) is 23.7 Å². The fraction of sp³-hybridized carbons (Fsp3) is 0.133. The molecule has 1 heterocycles. The first-order valence-electron chi connectivity index (χ1n) is 6.39. The highest BCUT2D eigenvalue weighted by molar-refractivity contribution is 9.10. The average Bonchev–Trinajstić information content (AvgIpc) is 2.89. The number of anilines is 1. The first-order valence-corrected chi connectivity index (χ1v) is 7.96. The van der Waals surface area contributed by atoms with Crippen molar-refractivity contribution in [2.24, 2.45) is 0 Å². The topological polar surface area (TPSA) is 24.9 Å². The second-order valence-electron chi connectivity index (χ2n) is 4.70. The molecular weight excluding hydrogens is 377 g/mol. The maximum atomic E-state index is 12.5. The van der Waals surface area contributed by atoms with Crippen LogP contribution in [0.4, 0.5) is 19.0 Å². The van der Waals surface area contributed by atoms with Gasteiger partial charge in [-0.15, -0.1) is 0 Å². The molecule has 22 heavy (non-hydrogen) atoms. The molecule has 0 spiro atoms. The van der Waals surface area contributed by atoms with Gasteiger partial charge in [-0.25, -0.2) is 0 Å². The number of nitrogens with one attached hydrogen (secondary N) is 1. The zero-order valence-electron chi connectivity index (χ0n) is 11.1. The molecule has 2 aromatic carbocycles. The van der Waals surface area contributed by atoms with Crippen LogP contribution in [0.5, 0.6) is 0 Å². The summed E-state index contributed by atoms with van der Waals surface area (Å²) in [7, 11) is 0. The highest BCUT2D eigenvalue weighted by Gasteiger charge is 2.29. The number of halogens is 4. The average molecular weight is 387 g/mol. The molecule has 0 aliphatic rings. The third kappa shape index (κ3) is 3.10. The summed E-state index contributed by atoms with van der Waals surface area (Å²) < 4.78 is 43.9. The highest BCUT2D eigenvalue weighted by Crippen LogP contribution is 2.33. The van der Waals surface area contributed by atoms with Crippen LogP contribution in [0.2, 0.25) is 0 Å². The van der Waals surface area contributed by atoms with Crippen LogP contribution in [0.25, 0.3) is 10.1 Å². The Morgan fingerprint density at radius 2 is 1.82 bits per heavy atom. The molecule has 0 aliphatic carbocycles. The summed E-state index contributed by atoms with van der Waals surface area (Å²) in [5.41, 5.74) is 0.128. The lowest BCUT2D eigenvalue weighted by atomic mass is 10.1. The summed E-state index contributed by atoms with van der Waals surface area (Å²) in [4.78, 5) is 0. The van der Waals surface area contributed by atoms with Gasteiger partial charge >= 0.3 is 6.18 Å². The molecule has 0 bridgehead atoms. The van der Waals surface area contributed by atoms with Gasteiger partial charge in [-0.05, 0) is 57.3 Å². The van der Waals surface area contributed by atoms with Crippen LogP contribution in [-0.2, 0) is 12.7 Å². The van der Waals surface area contributed by atoms with Gasteiger partial charge in [0, 0.05) is 16.4 Å². The van der Waals surface area contributed by atoms with E-state index >= 15 is 0 Å². The molecule has 2 nitrogen and oxygen atoms in total. The molecule has 3 rings (SSSR count). The second-order valence-corrected chi connectivity index (χ2v) is 6.32. The maximum absolute atomic E-state index is 12.5. The summed E-state index contributed by atoms with van der Waals surface area (Å²) in [6, 6.07) is 10.9. The predicted molar refractivity (Wildman–Crippen MR) is 86.1 cm³/mol. The molecule has 3 aromatic rings. The molecule has 0 amide bonds. The molecular formula is C15H10BrF3N2S.